The highest BCUT2D eigenvalue weighted by atomic mass is 16.6. The van der Waals surface area contributed by atoms with Crippen LogP contribution in [0.25, 0.3) is 0 Å². The second-order valence-electron chi connectivity index (χ2n) is 8.13. The van der Waals surface area contributed by atoms with Gasteiger partial charge < -0.3 is 52.5 Å². The molecular weight excluding hydrogens is 512 g/mol. The molecule has 1 N–H and O–H groups in total. The Bertz CT molecular complexity index is 580. The van der Waals surface area contributed by atoms with Crippen LogP contribution in [0.4, 0.5) is 0 Å². The maximum atomic E-state index is 8.57. The molecule has 0 atom stereocenters. The number of aliphatic hydroxyl groups excluding tert-OH is 1. The van der Waals surface area contributed by atoms with E-state index in [0.29, 0.717) is 132 Å². The minimum atomic E-state index is 0.0379. The van der Waals surface area contributed by atoms with E-state index in [0.717, 1.165) is 12.0 Å². The largest absolute Gasteiger partial charge is 0.394 e. The van der Waals surface area contributed by atoms with Gasteiger partial charge in [-0.15, -0.1) is 0 Å². The normalized spacial score (nSPS) is 11.4. The Morgan fingerprint density at radius 3 is 1.03 bits per heavy atom. The van der Waals surface area contributed by atoms with Crippen LogP contribution in [0.5, 0.6) is 0 Å². The van der Waals surface area contributed by atoms with Crippen LogP contribution in [0.2, 0.25) is 0 Å². The van der Waals surface area contributed by atoms with E-state index in [4.69, 9.17) is 52.5 Å². The first kappa shape index (κ1) is 35.8. The van der Waals surface area contributed by atoms with E-state index >= 15 is 0 Å². The van der Waals surface area contributed by atoms with Crippen LogP contribution in [0.3, 0.4) is 0 Å². The van der Waals surface area contributed by atoms with Gasteiger partial charge in [-0.25, -0.2) is 0 Å². The molecule has 11 heteroatoms. The summed E-state index contributed by atoms with van der Waals surface area (Å²) in [5.74, 6) is 0. The molecule has 228 valence electrons. The van der Waals surface area contributed by atoms with Crippen molar-refractivity contribution in [1.29, 1.82) is 0 Å². The maximum Gasteiger partial charge on any atom is 0.0718 e. The summed E-state index contributed by atoms with van der Waals surface area (Å²) in [4.78, 5) is 0. The van der Waals surface area contributed by atoms with E-state index in [1.807, 2.05) is 30.3 Å². The molecule has 1 rings (SSSR count). The van der Waals surface area contributed by atoms with Gasteiger partial charge in [-0.05, 0) is 12.0 Å². The van der Waals surface area contributed by atoms with E-state index in [1.54, 1.807) is 0 Å². The van der Waals surface area contributed by atoms with Crippen molar-refractivity contribution in [2.24, 2.45) is 0 Å². The summed E-state index contributed by atoms with van der Waals surface area (Å²) in [6.45, 7) is 10.7. The molecular formula is C28H50O11. The number of benzene rings is 1. The summed E-state index contributed by atoms with van der Waals surface area (Å²) in [6.07, 6.45) is 0.824. The van der Waals surface area contributed by atoms with E-state index in [-0.39, 0.29) is 6.61 Å². The van der Waals surface area contributed by atoms with Crippen molar-refractivity contribution in [3.8, 4) is 0 Å². The summed E-state index contributed by atoms with van der Waals surface area (Å²) >= 11 is 0. The van der Waals surface area contributed by atoms with Crippen molar-refractivity contribution >= 4 is 0 Å². The highest BCUT2D eigenvalue weighted by Gasteiger charge is 1.96. The zero-order valence-corrected chi connectivity index (χ0v) is 23.5. The minimum Gasteiger partial charge on any atom is -0.394 e. The van der Waals surface area contributed by atoms with Gasteiger partial charge in [0, 0.05) is 13.2 Å². The second kappa shape index (κ2) is 31.3. The average molecular weight is 563 g/mol. The molecule has 11 nitrogen and oxygen atoms in total. The van der Waals surface area contributed by atoms with Crippen LogP contribution in [0, 0.1) is 0 Å². The number of hydrogen-bond acceptors (Lipinski definition) is 11. The van der Waals surface area contributed by atoms with E-state index in [1.165, 1.54) is 0 Å². The van der Waals surface area contributed by atoms with Crippen molar-refractivity contribution in [2.75, 3.05) is 132 Å². The fourth-order valence-electron chi connectivity index (χ4n) is 2.95. The Kier molecular flexibility index (Phi) is 28.7. The first-order chi connectivity index (χ1) is 19.4. The Morgan fingerprint density at radius 2 is 0.667 bits per heavy atom. The molecule has 0 bridgehead atoms. The van der Waals surface area contributed by atoms with Gasteiger partial charge in [-0.3, -0.25) is 0 Å². The number of aliphatic hydroxyl groups is 1. The lowest BCUT2D eigenvalue weighted by atomic mass is 10.2. The van der Waals surface area contributed by atoms with Crippen LogP contribution in [-0.4, -0.2) is 137 Å². The van der Waals surface area contributed by atoms with Gasteiger partial charge in [0.25, 0.3) is 0 Å². The molecule has 0 aliphatic heterocycles. The molecule has 1 aromatic carbocycles. The second-order valence-corrected chi connectivity index (χ2v) is 8.13. The standard InChI is InChI=1S/C28H50O11/c29-7-10-32-13-11-30-8-4-9-31-12-14-33-15-16-34-17-18-35-19-20-36-21-22-37-23-24-38-25-26-39-27-28-5-2-1-3-6-28/h1-3,5-6,29H,4,7-27H2. The van der Waals surface area contributed by atoms with Crippen LogP contribution < -0.4 is 0 Å². The van der Waals surface area contributed by atoms with Crippen LogP contribution >= 0.6 is 0 Å². The molecule has 0 aliphatic carbocycles. The lowest BCUT2D eigenvalue weighted by molar-refractivity contribution is -0.0241. The van der Waals surface area contributed by atoms with Crippen LogP contribution in [0.1, 0.15) is 12.0 Å². The van der Waals surface area contributed by atoms with Gasteiger partial charge in [-0.2, -0.15) is 0 Å². The number of hydrogen-bond donors (Lipinski definition) is 1. The van der Waals surface area contributed by atoms with Crippen LogP contribution in [0.15, 0.2) is 30.3 Å². The molecule has 0 radical (unpaired) electrons. The Hall–Kier alpha value is -1.22. The van der Waals surface area contributed by atoms with Gasteiger partial charge in [0.05, 0.1) is 126 Å². The van der Waals surface area contributed by atoms with Gasteiger partial charge in [-0.1, -0.05) is 30.3 Å². The zero-order valence-electron chi connectivity index (χ0n) is 23.5. The molecule has 0 aromatic heterocycles. The molecule has 0 saturated heterocycles. The molecule has 0 fully saturated rings. The van der Waals surface area contributed by atoms with Crippen molar-refractivity contribution in [3.05, 3.63) is 35.9 Å². The molecule has 39 heavy (non-hydrogen) atoms. The smallest absolute Gasteiger partial charge is 0.0718 e. The summed E-state index contributed by atoms with van der Waals surface area (Å²) in [7, 11) is 0. The summed E-state index contributed by atoms with van der Waals surface area (Å²) in [5, 5.41) is 8.57. The summed E-state index contributed by atoms with van der Waals surface area (Å²) in [6, 6.07) is 10.1. The maximum absolute atomic E-state index is 8.57. The average Bonchev–Trinajstić information content (AvgIpc) is 2.96. The Labute approximate surface area is 233 Å². The van der Waals surface area contributed by atoms with Gasteiger partial charge in [0.15, 0.2) is 0 Å². The third-order valence-corrected chi connectivity index (χ3v) is 4.90. The third-order valence-electron chi connectivity index (χ3n) is 4.90. The molecule has 0 unspecified atom stereocenters. The quantitative estimate of drug-likeness (QED) is 0.130. The van der Waals surface area contributed by atoms with E-state index in [9.17, 15) is 0 Å². The predicted molar refractivity (Wildman–Crippen MR) is 145 cm³/mol. The van der Waals surface area contributed by atoms with E-state index < -0.39 is 0 Å². The van der Waals surface area contributed by atoms with Crippen molar-refractivity contribution in [1.82, 2.24) is 0 Å². The number of ether oxygens (including phenoxy) is 10. The third kappa shape index (κ3) is 28.1. The highest BCUT2D eigenvalue weighted by molar-refractivity contribution is 5.13. The Morgan fingerprint density at radius 1 is 0.359 bits per heavy atom. The number of rotatable bonds is 32. The Balaban J connectivity index is 1.62. The van der Waals surface area contributed by atoms with Crippen molar-refractivity contribution in [2.45, 2.75) is 13.0 Å². The van der Waals surface area contributed by atoms with E-state index in [2.05, 4.69) is 0 Å². The molecule has 0 spiro atoms. The molecule has 0 aliphatic rings. The SMILES string of the molecule is OCCOCCOCCCOCCOCCOCCOCCOCCOCCOCCOCc1ccccc1. The molecule has 0 amide bonds. The topological polar surface area (TPSA) is 113 Å². The molecule has 0 saturated carbocycles. The monoisotopic (exact) mass is 562 g/mol. The molecule has 1 aromatic rings. The fraction of sp³-hybridized carbons (Fsp3) is 0.786. The highest BCUT2D eigenvalue weighted by Crippen LogP contribution is 2.00. The van der Waals surface area contributed by atoms with Gasteiger partial charge >= 0.3 is 0 Å². The van der Waals surface area contributed by atoms with Crippen molar-refractivity contribution in [3.63, 3.8) is 0 Å². The van der Waals surface area contributed by atoms with Crippen molar-refractivity contribution < 1.29 is 52.5 Å². The van der Waals surface area contributed by atoms with Gasteiger partial charge in [0.1, 0.15) is 0 Å². The minimum absolute atomic E-state index is 0.0379. The first-order valence-electron chi connectivity index (χ1n) is 13.9. The first-order valence-corrected chi connectivity index (χ1v) is 13.9. The molecule has 0 heterocycles. The fourth-order valence-corrected chi connectivity index (χ4v) is 2.95. The zero-order chi connectivity index (χ0) is 27.7. The van der Waals surface area contributed by atoms with Gasteiger partial charge in [0.2, 0.25) is 0 Å². The lowest BCUT2D eigenvalue weighted by Gasteiger charge is -2.09. The lowest BCUT2D eigenvalue weighted by Crippen LogP contribution is -2.15. The van der Waals surface area contributed by atoms with Crippen LogP contribution in [-0.2, 0) is 54.0 Å². The predicted octanol–water partition coefficient (Wildman–Crippen LogP) is 1.74. The summed E-state index contributed by atoms with van der Waals surface area (Å²) < 4.78 is 54.3. The summed E-state index contributed by atoms with van der Waals surface area (Å²) in [5.41, 5.74) is 1.16.